The van der Waals surface area contributed by atoms with Gasteiger partial charge in [-0.05, 0) is 28.8 Å². The number of aliphatic carboxylic acids is 1. The maximum absolute atomic E-state index is 10.8. The summed E-state index contributed by atoms with van der Waals surface area (Å²) < 4.78 is 0. The van der Waals surface area contributed by atoms with Gasteiger partial charge in [0.25, 0.3) is 0 Å². The minimum Gasteiger partial charge on any atom is -0.481 e. The molecule has 0 radical (unpaired) electrons. The van der Waals surface area contributed by atoms with Gasteiger partial charge in [-0.2, -0.15) is 0 Å². The van der Waals surface area contributed by atoms with E-state index >= 15 is 0 Å². The summed E-state index contributed by atoms with van der Waals surface area (Å²) in [6, 6.07) is 12.6. The third-order valence-electron chi connectivity index (χ3n) is 2.59. The van der Waals surface area contributed by atoms with Crippen LogP contribution in [0.15, 0.2) is 42.5 Å². The van der Waals surface area contributed by atoms with Crippen LogP contribution < -0.4 is 0 Å². The summed E-state index contributed by atoms with van der Waals surface area (Å²) in [4.78, 5) is 10.8. The zero-order valence-electron chi connectivity index (χ0n) is 9.36. The molecule has 1 N–H and O–H groups in total. The van der Waals surface area contributed by atoms with Crippen LogP contribution in [0, 0.1) is 0 Å². The minimum atomic E-state index is -0.859. The lowest BCUT2D eigenvalue weighted by Gasteiger charge is -2.08. The van der Waals surface area contributed by atoms with Gasteiger partial charge < -0.3 is 5.11 Å². The zero-order chi connectivity index (χ0) is 13.1. The standard InChI is InChI=1S/C14H10Cl2O2/c15-12-6-5-10(7-13(12)16)11-4-2-1-3-9(11)8-14(17)18/h1-7H,8H2,(H,17,18). The molecule has 0 aliphatic rings. The molecule has 0 amide bonds. The van der Waals surface area contributed by atoms with Crippen molar-refractivity contribution in [2.45, 2.75) is 6.42 Å². The molecule has 0 aromatic heterocycles. The number of halogens is 2. The lowest BCUT2D eigenvalue weighted by atomic mass is 9.98. The van der Waals surface area contributed by atoms with Crippen LogP contribution in [0.4, 0.5) is 0 Å². The lowest BCUT2D eigenvalue weighted by molar-refractivity contribution is -0.136. The summed E-state index contributed by atoms with van der Waals surface area (Å²) in [7, 11) is 0. The Balaban J connectivity index is 2.49. The molecule has 0 aliphatic heterocycles. The van der Waals surface area contributed by atoms with E-state index in [0.29, 0.717) is 10.0 Å². The Morgan fingerprint density at radius 2 is 1.78 bits per heavy atom. The first-order valence-electron chi connectivity index (χ1n) is 5.33. The van der Waals surface area contributed by atoms with Gasteiger partial charge in [-0.25, -0.2) is 0 Å². The summed E-state index contributed by atoms with van der Waals surface area (Å²) >= 11 is 11.8. The molecule has 0 saturated carbocycles. The third-order valence-corrected chi connectivity index (χ3v) is 3.33. The number of rotatable bonds is 3. The van der Waals surface area contributed by atoms with E-state index < -0.39 is 5.97 Å². The molecule has 0 spiro atoms. The van der Waals surface area contributed by atoms with Crippen molar-refractivity contribution in [2.75, 3.05) is 0 Å². The molecule has 18 heavy (non-hydrogen) atoms. The van der Waals surface area contributed by atoms with Crippen molar-refractivity contribution in [2.24, 2.45) is 0 Å². The van der Waals surface area contributed by atoms with Gasteiger partial charge in [0.1, 0.15) is 0 Å². The quantitative estimate of drug-likeness (QED) is 0.911. The van der Waals surface area contributed by atoms with E-state index in [1.54, 1.807) is 18.2 Å². The molecule has 0 bridgehead atoms. The van der Waals surface area contributed by atoms with E-state index in [1.807, 2.05) is 24.3 Å². The second-order valence-corrected chi connectivity index (χ2v) is 4.67. The van der Waals surface area contributed by atoms with Crippen LogP contribution in [0.1, 0.15) is 5.56 Å². The van der Waals surface area contributed by atoms with Crippen molar-refractivity contribution in [3.8, 4) is 11.1 Å². The van der Waals surface area contributed by atoms with Crippen LogP contribution in [0.3, 0.4) is 0 Å². The molecule has 2 aromatic rings. The molecule has 0 unspecified atom stereocenters. The summed E-state index contributed by atoms with van der Waals surface area (Å²) in [5, 5.41) is 9.83. The topological polar surface area (TPSA) is 37.3 Å². The number of benzene rings is 2. The number of hydrogen-bond donors (Lipinski definition) is 1. The number of carbonyl (C=O) groups is 1. The highest BCUT2D eigenvalue weighted by Gasteiger charge is 2.09. The van der Waals surface area contributed by atoms with Crippen LogP contribution >= 0.6 is 23.2 Å². The molecule has 2 aromatic carbocycles. The Kier molecular flexibility index (Phi) is 3.90. The Labute approximate surface area is 115 Å². The van der Waals surface area contributed by atoms with Gasteiger partial charge in [-0.15, -0.1) is 0 Å². The van der Waals surface area contributed by atoms with Gasteiger partial charge >= 0.3 is 5.97 Å². The van der Waals surface area contributed by atoms with Gasteiger partial charge in [0, 0.05) is 0 Å². The maximum Gasteiger partial charge on any atom is 0.307 e. The first-order chi connectivity index (χ1) is 8.58. The van der Waals surface area contributed by atoms with Crippen molar-refractivity contribution >= 4 is 29.2 Å². The molecule has 0 fully saturated rings. The molecule has 4 heteroatoms. The Hall–Kier alpha value is -1.51. The summed E-state index contributed by atoms with van der Waals surface area (Å²) in [6.07, 6.45) is -0.0174. The van der Waals surface area contributed by atoms with Crippen molar-refractivity contribution in [1.82, 2.24) is 0 Å². The van der Waals surface area contributed by atoms with Crippen LogP contribution in [0.5, 0.6) is 0 Å². The molecule has 2 nitrogen and oxygen atoms in total. The fourth-order valence-electron chi connectivity index (χ4n) is 1.78. The van der Waals surface area contributed by atoms with Gasteiger partial charge in [0.2, 0.25) is 0 Å². The molecule has 92 valence electrons. The van der Waals surface area contributed by atoms with Crippen LogP contribution in [0.2, 0.25) is 10.0 Å². The highest BCUT2D eigenvalue weighted by molar-refractivity contribution is 6.42. The molecule has 0 heterocycles. The van der Waals surface area contributed by atoms with E-state index in [4.69, 9.17) is 28.3 Å². The number of carboxylic acid groups (broad SMARTS) is 1. The van der Waals surface area contributed by atoms with E-state index in [2.05, 4.69) is 0 Å². The Bertz CT molecular complexity index is 594. The molecule has 0 atom stereocenters. The normalized spacial score (nSPS) is 10.3. The number of hydrogen-bond acceptors (Lipinski definition) is 1. The largest absolute Gasteiger partial charge is 0.481 e. The average Bonchev–Trinajstić information content (AvgIpc) is 2.33. The predicted molar refractivity (Wildman–Crippen MR) is 73.2 cm³/mol. The monoisotopic (exact) mass is 280 g/mol. The van der Waals surface area contributed by atoms with E-state index in [-0.39, 0.29) is 6.42 Å². The Morgan fingerprint density at radius 3 is 2.44 bits per heavy atom. The molecule has 0 saturated heterocycles. The molecular formula is C14H10Cl2O2. The smallest absolute Gasteiger partial charge is 0.307 e. The number of carboxylic acids is 1. The average molecular weight is 281 g/mol. The van der Waals surface area contributed by atoms with E-state index in [9.17, 15) is 4.79 Å². The zero-order valence-corrected chi connectivity index (χ0v) is 10.9. The van der Waals surface area contributed by atoms with Gasteiger partial charge in [0.15, 0.2) is 0 Å². The SMILES string of the molecule is O=C(O)Cc1ccccc1-c1ccc(Cl)c(Cl)c1. The van der Waals surface area contributed by atoms with Crippen LogP contribution in [-0.4, -0.2) is 11.1 Å². The highest BCUT2D eigenvalue weighted by Crippen LogP contribution is 2.30. The second kappa shape index (κ2) is 5.42. The van der Waals surface area contributed by atoms with Gasteiger partial charge in [-0.3, -0.25) is 4.79 Å². The van der Waals surface area contributed by atoms with Gasteiger partial charge in [0.05, 0.1) is 16.5 Å². The molecular weight excluding hydrogens is 271 g/mol. The molecule has 2 rings (SSSR count). The fourth-order valence-corrected chi connectivity index (χ4v) is 2.08. The summed E-state index contributed by atoms with van der Waals surface area (Å²) in [5.74, 6) is -0.859. The first-order valence-corrected chi connectivity index (χ1v) is 6.08. The van der Waals surface area contributed by atoms with Crippen molar-refractivity contribution in [3.63, 3.8) is 0 Å². The van der Waals surface area contributed by atoms with Gasteiger partial charge in [-0.1, -0.05) is 53.5 Å². The fraction of sp³-hybridized carbons (Fsp3) is 0.0714. The van der Waals surface area contributed by atoms with Crippen LogP contribution in [-0.2, 0) is 11.2 Å². The maximum atomic E-state index is 10.8. The summed E-state index contributed by atoms with van der Waals surface area (Å²) in [5.41, 5.74) is 2.48. The highest BCUT2D eigenvalue weighted by atomic mass is 35.5. The van der Waals surface area contributed by atoms with E-state index in [1.165, 1.54) is 0 Å². The van der Waals surface area contributed by atoms with Crippen molar-refractivity contribution < 1.29 is 9.90 Å². The van der Waals surface area contributed by atoms with Crippen molar-refractivity contribution in [3.05, 3.63) is 58.1 Å². The Morgan fingerprint density at radius 1 is 1.06 bits per heavy atom. The second-order valence-electron chi connectivity index (χ2n) is 3.86. The lowest BCUT2D eigenvalue weighted by Crippen LogP contribution is -2.01. The first kappa shape index (κ1) is 12.9. The van der Waals surface area contributed by atoms with E-state index in [0.717, 1.165) is 16.7 Å². The summed E-state index contributed by atoms with van der Waals surface area (Å²) in [6.45, 7) is 0. The third kappa shape index (κ3) is 2.84. The molecule has 0 aliphatic carbocycles. The predicted octanol–water partition coefficient (Wildman–Crippen LogP) is 4.29. The van der Waals surface area contributed by atoms with Crippen LogP contribution in [0.25, 0.3) is 11.1 Å². The minimum absolute atomic E-state index is 0.0174. The van der Waals surface area contributed by atoms with Crippen molar-refractivity contribution in [1.29, 1.82) is 0 Å².